The van der Waals surface area contributed by atoms with Crippen molar-refractivity contribution in [2.24, 2.45) is 0 Å². The zero-order chi connectivity index (χ0) is 14.8. The first-order chi connectivity index (χ1) is 8.74. The van der Waals surface area contributed by atoms with Crippen molar-refractivity contribution >= 4 is 17.6 Å². The van der Waals surface area contributed by atoms with Crippen LogP contribution in [-0.2, 0) is 10.2 Å². The van der Waals surface area contributed by atoms with E-state index in [9.17, 15) is 4.79 Å². The second-order valence-corrected chi connectivity index (χ2v) is 5.46. The Labute approximate surface area is 118 Å². The summed E-state index contributed by atoms with van der Waals surface area (Å²) in [5, 5.41) is 9.42. The smallest absolute Gasteiger partial charge is 0.304 e. The Balaban J connectivity index is 3.45. The Kier molecular flexibility index (Phi) is 4.69. The number of carboxylic acid groups (broad SMARTS) is 1. The Morgan fingerprint density at radius 2 is 1.84 bits per heavy atom. The van der Waals surface area contributed by atoms with E-state index in [-0.39, 0.29) is 6.42 Å². The standard InChI is InChI=1S/C14H19ClO4/c1-8-9(14(2,3)7-11(16)17)6-10(15)13(19-5)12(8)18-4/h6H,7H2,1-5H3,(H,16,17). The second-order valence-electron chi connectivity index (χ2n) is 5.05. The summed E-state index contributed by atoms with van der Waals surface area (Å²) in [5.74, 6) is 0.162. The van der Waals surface area contributed by atoms with Crippen LogP contribution in [0.5, 0.6) is 11.5 Å². The first kappa shape index (κ1) is 15.6. The van der Waals surface area contributed by atoms with Crippen LogP contribution >= 0.6 is 11.6 Å². The molecule has 0 spiro atoms. The van der Waals surface area contributed by atoms with Gasteiger partial charge in [-0.25, -0.2) is 0 Å². The van der Waals surface area contributed by atoms with Gasteiger partial charge in [-0.05, 0) is 24.1 Å². The number of rotatable bonds is 5. The highest BCUT2D eigenvalue weighted by Gasteiger charge is 2.29. The van der Waals surface area contributed by atoms with Gasteiger partial charge in [0.05, 0.1) is 25.7 Å². The molecule has 1 N–H and O–H groups in total. The molecule has 0 atom stereocenters. The maximum absolute atomic E-state index is 11.0. The number of hydrogen-bond donors (Lipinski definition) is 1. The molecular weight excluding hydrogens is 268 g/mol. The van der Waals surface area contributed by atoms with E-state index >= 15 is 0 Å². The molecule has 1 aromatic carbocycles. The Bertz CT molecular complexity index is 495. The SMILES string of the molecule is COc1c(Cl)cc(C(C)(C)CC(=O)O)c(C)c1OC. The van der Waals surface area contributed by atoms with Crippen molar-refractivity contribution in [1.82, 2.24) is 0 Å². The molecule has 0 unspecified atom stereocenters. The molecular formula is C14H19ClO4. The number of halogens is 1. The maximum atomic E-state index is 11.0. The number of carbonyl (C=O) groups is 1. The molecule has 0 saturated carbocycles. The molecule has 0 heterocycles. The molecule has 0 saturated heterocycles. The van der Waals surface area contributed by atoms with Crippen LogP contribution in [0.4, 0.5) is 0 Å². The summed E-state index contributed by atoms with van der Waals surface area (Å²) in [6, 6.07) is 1.75. The fraction of sp³-hybridized carbons (Fsp3) is 0.500. The summed E-state index contributed by atoms with van der Waals surface area (Å²) in [5.41, 5.74) is 1.14. The molecule has 0 radical (unpaired) electrons. The van der Waals surface area contributed by atoms with Gasteiger partial charge in [0, 0.05) is 5.41 Å². The van der Waals surface area contributed by atoms with E-state index in [1.807, 2.05) is 20.8 Å². The van der Waals surface area contributed by atoms with Crippen LogP contribution in [0.1, 0.15) is 31.4 Å². The summed E-state index contributed by atoms with van der Waals surface area (Å²) < 4.78 is 10.6. The van der Waals surface area contributed by atoms with Crippen LogP contribution < -0.4 is 9.47 Å². The van der Waals surface area contributed by atoms with Crippen LogP contribution in [-0.4, -0.2) is 25.3 Å². The van der Waals surface area contributed by atoms with Crippen LogP contribution in [0.2, 0.25) is 5.02 Å². The highest BCUT2D eigenvalue weighted by atomic mass is 35.5. The van der Waals surface area contributed by atoms with Gasteiger partial charge in [-0.15, -0.1) is 0 Å². The van der Waals surface area contributed by atoms with Crippen molar-refractivity contribution < 1.29 is 19.4 Å². The van der Waals surface area contributed by atoms with Gasteiger partial charge in [-0.3, -0.25) is 4.79 Å². The lowest BCUT2D eigenvalue weighted by atomic mass is 9.79. The van der Waals surface area contributed by atoms with Gasteiger partial charge in [-0.1, -0.05) is 25.4 Å². The van der Waals surface area contributed by atoms with Gasteiger partial charge in [0.25, 0.3) is 0 Å². The van der Waals surface area contributed by atoms with Crippen molar-refractivity contribution in [3.05, 3.63) is 22.2 Å². The van der Waals surface area contributed by atoms with E-state index < -0.39 is 11.4 Å². The van der Waals surface area contributed by atoms with E-state index in [0.717, 1.165) is 11.1 Å². The average molecular weight is 287 g/mol. The lowest BCUT2D eigenvalue weighted by Crippen LogP contribution is -2.23. The van der Waals surface area contributed by atoms with Gasteiger partial charge >= 0.3 is 5.97 Å². The van der Waals surface area contributed by atoms with Crippen LogP contribution in [0.25, 0.3) is 0 Å². The minimum absolute atomic E-state index is 0.0135. The largest absolute Gasteiger partial charge is 0.493 e. The zero-order valence-electron chi connectivity index (χ0n) is 11.8. The molecule has 0 bridgehead atoms. The van der Waals surface area contributed by atoms with E-state index in [2.05, 4.69) is 0 Å². The Morgan fingerprint density at radius 3 is 2.26 bits per heavy atom. The number of aliphatic carboxylic acids is 1. The van der Waals surface area contributed by atoms with Crippen LogP contribution in [0.3, 0.4) is 0 Å². The van der Waals surface area contributed by atoms with Crippen molar-refractivity contribution in [2.45, 2.75) is 32.6 Å². The van der Waals surface area contributed by atoms with E-state index in [1.165, 1.54) is 14.2 Å². The molecule has 1 aromatic rings. The number of hydrogen-bond acceptors (Lipinski definition) is 3. The monoisotopic (exact) mass is 286 g/mol. The molecule has 0 aliphatic carbocycles. The summed E-state index contributed by atoms with van der Waals surface area (Å²) in [6.07, 6.45) is 0.0135. The molecule has 0 aromatic heterocycles. The fourth-order valence-electron chi connectivity index (χ4n) is 2.31. The molecule has 0 aliphatic rings. The average Bonchev–Trinajstić information content (AvgIpc) is 2.29. The third-order valence-electron chi connectivity index (χ3n) is 3.17. The predicted molar refractivity (Wildman–Crippen MR) is 74.6 cm³/mol. The number of ether oxygens (including phenoxy) is 2. The predicted octanol–water partition coefficient (Wildman–Crippen LogP) is 3.42. The lowest BCUT2D eigenvalue weighted by Gasteiger charge is -2.27. The van der Waals surface area contributed by atoms with Gasteiger partial charge < -0.3 is 14.6 Å². The van der Waals surface area contributed by atoms with Gasteiger partial charge in [-0.2, -0.15) is 0 Å². The van der Waals surface area contributed by atoms with Crippen molar-refractivity contribution in [3.8, 4) is 11.5 Å². The highest BCUT2D eigenvalue weighted by molar-refractivity contribution is 6.32. The van der Waals surface area contributed by atoms with Crippen molar-refractivity contribution in [2.75, 3.05) is 14.2 Å². The first-order valence-corrected chi connectivity index (χ1v) is 6.25. The number of carboxylic acids is 1. The van der Waals surface area contributed by atoms with Crippen molar-refractivity contribution in [1.29, 1.82) is 0 Å². The molecule has 0 amide bonds. The van der Waals surface area contributed by atoms with Gasteiger partial charge in [0.1, 0.15) is 0 Å². The fourth-order valence-corrected chi connectivity index (χ4v) is 2.59. The second kappa shape index (κ2) is 5.70. The Hall–Kier alpha value is -1.42. The topological polar surface area (TPSA) is 55.8 Å². The third kappa shape index (κ3) is 3.13. The summed E-state index contributed by atoms with van der Waals surface area (Å²) in [4.78, 5) is 11.0. The highest BCUT2D eigenvalue weighted by Crippen LogP contribution is 2.43. The zero-order valence-corrected chi connectivity index (χ0v) is 12.6. The van der Waals surface area contributed by atoms with E-state index in [4.69, 9.17) is 26.2 Å². The van der Waals surface area contributed by atoms with E-state index in [0.29, 0.717) is 16.5 Å². The normalized spacial score (nSPS) is 11.3. The Morgan fingerprint density at radius 1 is 1.32 bits per heavy atom. The van der Waals surface area contributed by atoms with Gasteiger partial charge in [0.15, 0.2) is 11.5 Å². The van der Waals surface area contributed by atoms with Gasteiger partial charge in [0.2, 0.25) is 0 Å². The quantitative estimate of drug-likeness (QED) is 0.901. The van der Waals surface area contributed by atoms with Crippen LogP contribution in [0, 0.1) is 6.92 Å². The summed E-state index contributed by atoms with van der Waals surface area (Å²) in [7, 11) is 3.06. The third-order valence-corrected chi connectivity index (χ3v) is 3.45. The number of benzene rings is 1. The molecule has 1 rings (SSSR count). The van der Waals surface area contributed by atoms with Crippen molar-refractivity contribution in [3.63, 3.8) is 0 Å². The molecule has 0 aliphatic heterocycles. The lowest BCUT2D eigenvalue weighted by molar-refractivity contribution is -0.138. The number of methoxy groups -OCH3 is 2. The maximum Gasteiger partial charge on any atom is 0.304 e. The minimum atomic E-state index is -0.852. The van der Waals surface area contributed by atoms with E-state index in [1.54, 1.807) is 6.07 Å². The summed E-state index contributed by atoms with van der Waals surface area (Å²) in [6.45, 7) is 5.61. The minimum Gasteiger partial charge on any atom is -0.493 e. The molecule has 106 valence electrons. The van der Waals surface area contributed by atoms with Crippen LogP contribution in [0.15, 0.2) is 6.07 Å². The molecule has 19 heavy (non-hydrogen) atoms. The molecule has 4 nitrogen and oxygen atoms in total. The summed E-state index contributed by atoms with van der Waals surface area (Å²) >= 11 is 6.18. The first-order valence-electron chi connectivity index (χ1n) is 5.88. The molecule has 0 fully saturated rings. The molecule has 5 heteroatoms.